The lowest BCUT2D eigenvalue weighted by Crippen LogP contribution is -2.40. The van der Waals surface area contributed by atoms with E-state index >= 15 is 0 Å². The van der Waals surface area contributed by atoms with E-state index in [1.54, 1.807) is 24.3 Å². The number of halogens is 1. The predicted molar refractivity (Wildman–Crippen MR) is 114 cm³/mol. The van der Waals surface area contributed by atoms with Gasteiger partial charge in [-0.3, -0.25) is 9.52 Å². The third-order valence-electron chi connectivity index (χ3n) is 6.52. The van der Waals surface area contributed by atoms with Crippen LogP contribution in [0.3, 0.4) is 0 Å². The number of carbonyl (C=O) groups excluding carboxylic acids is 1. The molecule has 7 heteroatoms. The van der Waals surface area contributed by atoms with Crippen molar-refractivity contribution in [2.24, 2.45) is 17.8 Å². The number of hydrogen-bond donors (Lipinski definition) is 2. The molecular formula is C23H27FN2O3S. The normalized spacial score (nSPS) is 23.9. The van der Waals surface area contributed by atoms with Crippen LogP contribution in [-0.2, 0) is 21.2 Å². The average molecular weight is 431 g/mol. The number of anilines is 1. The monoisotopic (exact) mass is 430 g/mol. The standard InChI is InChI=1S/C23H27FN2O3S/c1-15(22-13-17-2-5-18(22)12-17)25-23(27)14-16-3-8-20(9-4-16)26-30(28,29)21-10-6-19(24)7-11-21/h3-4,6-11,15,17-18,22,26H,2,5,12-14H2,1H3,(H,25,27)/t15-,17-,18-,22-/m0/s1. The van der Waals surface area contributed by atoms with Crippen molar-refractivity contribution in [2.75, 3.05) is 4.72 Å². The second-order valence-corrected chi connectivity index (χ2v) is 10.3. The molecule has 0 aliphatic heterocycles. The maximum absolute atomic E-state index is 13.0. The number of amides is 1. The van der Waals surface area contributed by atoms with Gasteiger partial charge in [0.1, 0.15) is 5.82 Å². The summed E-state index contributed by atoms with van der Waals surface area (Å²) in [6, 6.07) is 11.6. The molecule has 0 heterocycles. The van der Waals surface area contributed by atoms with Gasteiger partial charge in [0.15, 0.2) is 0 Å². The fourth-order valence-electron chi connectivity index (χ4n) is 5.02. The Morgan fingerprint density at radius 3 is 2.37 bits per heavy atom. The summed E-state index contributed by atoms with van der Waals surface area (Å²) < 4.78 is 40.2. The lowest BCUT2D eigenvalue weighted by atomic mass is 9.84. The molecule has 0 saturated heterocycles. The van der Waals surface area contributed by atoms with E-state index in [2.05, 4.69) is 17.0 Å². The minimum Gasteiger partial charge on any atom is -0.353 e. The van der Waals surface area contributed by atoms with Gasteiger partial charge in [0.2, 0.25) is 5.91 Å². The largest absolute Gasteiger partial charge is 0.353 e. The summed E-state index contributed by atoms with van der Waals surface area (Å²) in [6.07, 6.45) is 5.45. The van der Waals surface area contributed by atoms with Gasteiger partial charge < -0.3 is 5.32 Å². The second-order valence-electron chi connectivity index (χ2n) is 8.63. The summed E-state index contributed by atoms with van der Waals surface area (Å²) in [5.41, 5.74) is 1.20. The fourth-order valence-corrected chi connectivity index (χ4v) is 6.08. The van der Waals surface area contributed by atoms with Crippen LogP contribution in [0.2, 0.25) is 0 Å². The molecule has 2 fully saturated rings. The maximum atomic E-state index is 13.0. The van der Waals surface area contributed by atoms with E-state index in [9.17, 15) is 17.6 Å². The molecule has 0 spiro atoms. The highest BCUT2D eigenvalue weighted by molar-refractivity contribution is 7.92. The average Bonchev–Trinajstić information content (AvgIpc) is 3.33. The highest BCUT2D eigenvalue weighted by atomic mass is 32.2. The van der Waals surface area contributed by atoms with Crippen LogP contribution in [0.1, 0.15) is 38.2 Å². The third kappa shape index (κ3) is 4.67. The molecule has 0 aromatic heterocycles. The molecule has 0 radical (unpaired) electrons. The van der Waals surface area contributed by atoms with Gasteiger partial charge in [-0.15, -0.1) is 0 Å². The smallest absolute Gasteiger partial charge is 0.261 e. The van der Waals surface area contributed by atoms with Crippen molar-refractivity contribution in [3.63, 3.8) is 0 Å². The molecule has 2 N–H and O–H groups in total. The Labute approximate surface area is 177 Å². The minimum absolute atomic E-state index is 0.00934. The molecule has 2 aromatic rings. The molecule has 4 rings (SSSR count). The fraction of sp³-hybridized carbons (Fsp3) is 0.435. The summed E-state index contributed by atoms with van der Waals surface area (Å²) in [5.74, 6) is 1.71. The highest BCUT2D eigenvalue weighted by Gasteiger charge is 2.42. The molecule has 2 aliphatic rings. The Bertz CT molecular complexity index is 1010. The lowest BCUT2D eigenvalue weighted by Gasteiger charge is -2.28. The zero-order valence-electron chi connectivity index (χ0n) is 17.0. The second kappa shape index (κ2) is 8.38. The summed E-state index contributed by atoms with van der Waals surface area (Å²) in [5, 5.41) is 3.15. The molecule has 5 nitrogen and oxygen atoms in total. The Balaban J connectivity index is 1.32. The highest BCUT2D eigenvalue weighted by Crippen LogP contribution is 2.49. The molecule has 2 aromatic carbocycles. The topological polar surface area (TPSA) is 75.3 Å². The van der Waals surface area contributed by atoms with Gasteiger partial charge in [-0.25, -0.2) is 12.8 Å². The number of benzene rings is 2. The Kier molecular flexibility index (Phi) is 5.82. The van der Waals surface area contributed by atoms with Gasteiger partial charge in [0.25, 0.3) is 10.0 Å². The first-order valence-corrected chi connectivity index (χ1v) is 11.9. The number of hydrogen-bond acceptors (Lipinski definition) is 3. The first-order valence-electron chi connectivity index (χ1n) is 10.5. The Morgan fingerprint density at radius 1 is 1.07 bits per heavy atom. The van der Waals surface area contributed by atoms with E-state index in [0.29, 0.717) is 11.6 Å². The molecule has 2 aliphatic carbocycles. The van der Waals surface area contributed by atoms with Crippen LogP contribution >= 0.6 is 0 Å². The van der Waals surface area contributed by atoms with Crippen LogP contribution < -0.4 is 10.0 Å². The first-order chi connectivity index (χ1) is 14.3. The van der Waals surface area contributed by atoms with Crippen LogP contribution in [-0.4, -0.2) is 20.4 Å². The van der Waals surface area contributed by atoms with E-state index in [-0.39, 0.29) is 23.3 Å². The number of sulfonamides is 1. The van der Waals surface area contributed by atoms with Gasteiger partial charge in [-0.2, -0.15) is 0 Å². The molecule has 2 saturated carbocycles. The molecular weight excluding hydrogens is 403 g/mol. The van der Waals surface area contributed by atoms with Crippen molar-refractivity contribution in [2.45, 2.75) is 50.0 Å². The quantitative estimate of drug-likeness (QED) is 0.694. The zero-order valence-corrected chi connectivity index (χ0v) is 17.8. The number of carbonyl (C=O) groups is 1. The van der Waals surface area contributed by atoms with Gasteiger partial charge in [0.05, 0.1) is 11.3 Å². The molecule has 160 valence electrons. The van der Waals surface area contributed by atoms with Crippen molar-refractivity contribution >= 4 is 21.6 Å². The van der Waals surface area contributed by atoms with E-state index in [0.717, 1.165) is 29.5 Å². The molecule has 2 bridgehead atoms. The number of nitrogens with one attached hydrogen (secondary N) is 2. The van der Waals surface area contributed by atoms with Gasteiger partial charge >= 0.3 is 0 Å². The molecule has 4 atom stereocenters. The van der Waals surface area contributed by atoms with E-state index in [1.165, 1.54) is 37.8 Å². The van der Waals surface area contributed by atoms with E-state index in [4.69, 9.17) is 0 Å². The summed E-state index contributed by atoms with van der Waals surface area (Å²) in [7, 11) is -3.79. The lowest BCUT2D eigenvalue weighted by molar-refractivity contribution is -0.121. The van der Waals surface area contributed by atoms with Crippen molar-refractivity contribution in [3.05, 3.63) is 59.9 Å². The molecule has 30 heavy (non-hydrogen) atoms. The van der Waals surface area contributed by atoms with Crippen LogP contribution in [0.15, 0.2) is 53.4 Å². The third-order valence-corrected chi connectivity index (χ3v) is 7.92. The Morgan fingerprint density at radius 2 is 1.77 bits per heavy atom. The SMILES string of the molecule is C[C@H](NC(=O)Cc1ccc(NS(=O)(=O)c2ccc(F)cc2)cc1)[C@@H]1C[C@H]2CC[C@H]1C2. The number of fused-ring (bicyclic) bond motifs is 2. The Hall–Kier alpha value is -2.41. The summed E-state index contributed by atoms with van der Waals surface area (Å²) >= 11 is 0. The van der Waals surface area contributed by atoms with Crippen molar-refractivity contribution < 1.29 is 17.6 Å². The van der Waals surface area contributed by atoms with Crippen LogP contribution in [0.25, 0.3) is 0 Å². The summed E-state index contributed by atoms with van der Waals surface area (Å²) in [4.78, 5) is 12.4. The predicted octanol–water partition coefficient (Wildman–Crippen LogP) is 4.11. The van der Waals surface area contributed by atoms with Gasteiger partial charge in [0, 0.05) is 11.7 Å². The van der Waals surface area contributed by atoms with Gasteiger partial charge in [-0.05, 0) is 85.9 Å². The van der Waals surface area contributed by atoms with Crippen LogP contribution in [0, 0.1) is 23.6 Å². The number of rotatable bonds is 7. The van der Waals surface area contributed by atoms with Gasteiger partial charge in [-0.1, -0.05) is 18.6 Å². The molecule has 0 unspecified atom stereocenters. The summed E-state index contributed by atoms with van der Waals surface area (Å²) in [6.45, 7) is 2.11. The van der Waals surface area contributed by atoms with E-state index < -0.39 is 15.8 Å². The minimum atomic E-state index is -3.79. The van der Waals surface area contributed by atoms with Crippen molar-refractivity contribution in [3.8, 4) is 0 Å². The molecule has 1 amide bonds. The zero-order chi connectivity index (χ0) is 21.3. The maximum Gasteiger partial charge on any atom is 0.261 e. The van der Waals surface area contributed by atoms with Crippen molar-refractivity contribution in [1.29, 1.82) is 0 Å². The van der Waals surface area contributed by atoms with Crippen molar-refractivity contribution in [1.82, 2.24) is 5.32 Å². The first kappa shape index (κ1) is 20.8. The van der Waals surface area contributed by atoms with Crippen LogP contribution in [0.5, 0.6) is 0 Å². The van der Waals surface area contributed by atoms with E-state index in [1.807, 2.05) is 0 Å². The van der Waals surface area contributed by atoms with Crippen LogP contribution in [0.4, 0.5) is 10.1 Å².